The average molecular weight is 308 g/mol. The molecule has 0 saturated carbocycles. The van der Waals surface area contributed by atoms with Gasteiger partial charge in [-0.05, 0) is 44.6 Å². The normalized spacial score (nSPS) is 19.3. The number of aromatic amines is 1. The number of hydrogen-bond donors (Lipinski definition) is 2. The Balaban J connectivity index is 1.73. The van der Waals surface area contributed by atoms with Crippen molar-refractivity contribution in [2.75, 3.05) is 20.1 Å². The fourth-order valence-electron chi connectivity index (χ4n) is 3.49. The summed E-state index contributed by atoms with van der Waals surface area (Å²) >= 11 is 0. The van der Waals surface area contributed by atoms with Crippen molar-refractivity contribution in [2.24, 2.45) is 0 Å². The fraction of sp³-hybridized carbons (Fsp3) is 0.333. The number of phenolic OH excluding ortho intramolecular Hbond substituents is 1. The molecule has 3 aromatic rings. The lowest BCUT2D eigenvalue weighted by molar-refractivity contribution is 0.251. The molecule has 1 saturated heterocycles. The second-order valence-corrected chi connectivity index (χ2v) is 6.35. The molecular formula is C18H20N4O. The number of piperidine rings is 1. The van der Waals surface area contributed by atoms with E-state index in [4.69, 9.17) is 0 Å². The molecule has 1 aliphatic rings. The summed E-state index contributed by atoms with van der Waals surface area (Å²) in [6.07, 6.45) is 4.48. The van der Waals surface area contributed by atoms with Gasteiger partial charge in [0.25, 0.3) is 0 Å². The van der Waals surface area contributed by atoms with Crippen molar-refractivity contribution in [1.82, 2.24) is 20.1 Å². The van der Waals surface area contributed by atoms with Crippen LogP contribution in [0.3, 0.4) is 0 Å². The zero-order valence-electron chi connectivity index (χ0n) is 13.2. The van der Waals surface area contributed by atoms with Gasteiger partial charge in [0.05, 0.1) is 11.2 Å². The second kappa shape index (κ2) is 5.66. The van der Waals surface area contributed by atoms with Gasteiger partial charge >= 0.3 is 0 Å². The van der Waals surface area contributed by atoms with Crippen LogP contribution in [0, 0.1) is 0 Å². The quantitative estimate of drug-likeness (QED) is 0.763. The number of aromatic hydroxyl groups is 1. The van der Waals surface area contributed by atoms with E-state index in [1.165, 1.54) is 24.9 Å². The van der Waals surface area contributed by atoms with E-state index in [1.54, 1.807) is 12.1 Å². The van der Waals surface area contributed by atoms with Gasteiger partial charge in [-0.15, -0.1) is 10.2 Å². The molecule has 1 aromatic carbocycles. The highest BCUT2D eigenvalue weighted by atomic mass is 16.3. The highest BCUT2D eigenvalue weighted by Gasteiger charge is 2.22. The number of hydrogen-bond acceptors (Lipinski definition) is 4. The van der Waals surface area contributed by atoms with Crippen molar-refractivity contribution in [3.05, 3.63) is 42.1 Å². The molecule has 1 atom stereocenters. The average Bonchev–Trinajstić information content (AvgIpc) is 2.98. The number of phenols is 1. The van der Waals surface area contributed by atoms with Crippen LogP contribution >= 0.6 is 0 Å². The molecule has 2 N–H and O–H groups in total. The van der Waals surface area contributed by atoms with Crippen LogP contribution in [-0.4, -0.2) is 45.3 Å². The molecule has 1 aliphatic heterocycles. The fourth-order valence-corrected chi connectivity index (χ4v) is 3.49. The summed E-state index contributed by atoms with van der Waals surface area (Å²) in [7, 11) is 2.17. The van der Waals surface area contributed by atoms with Crippen LogP contribution < -0.4 is 0 Å². The Morgan fingerprint density at radius 2 is 2.13 bits per heavy atom. The molecule has 1 unspecified atom stereocenters. The first-order valence-electron chi connectivity index (χ1n) is 8.04. The van der Waals surface area contributed by atoms with Gasteiger partial charge in [0.15, 0.2) is 0 Å². The predicted octanol–water partition coefficient (Wildman–Crippen LogP) is 3.14. The molecule has 5 nitrogen and oxygen atoms in total. The number of para-hydroxylation sites is 1. The summed E-state index contributed by atoms with van der Waals surface area (Å²) in [5.41, 5.74) is 4.56. The van der Waals surface area contributed by atoms with Gasteiger partial charge in [0.1, 0.15) is 11.3 Å². The van der Waals surface area contributed by atoms with Crippen molar-refractivity contribution in [1.29, 1.82) is 0 Å². The molecule has 0 spiro atoms. The van der Waals surface area contributed by atoms with E-state index < -0.39 is 0 Å². The minimum absolute atomic E-state index is 0.224. The molecule has 0 aliphatic carbocycles. The van der Waals surface area contributed by atoms with E-state index in [0.717, 1.165) is 17.6 Å². The van der Waals surface area contributed by atoms with Crippen LogP contribution in [0.1, 0.15) is 24.3 Å². The minimum atomic E-state index is 0.224. The van der Waals surface area contributed by atoms with Crippen LogP contribution in [0.4, 0.5) is 0 Å². The van der Waals surface area contributed by atoms with Crippen LogP contribution in [0.15, 0.2) is 36.5 Å². The summed E-state index contributed by atoms with van der Waals surface area (Å²) in [6, 6.07) is 9.17. The first-order valence-corrected chi connectivity index (χ1v) is 8.04. The first-order chi connectivity index (χ1) is 11.2. The Hall–Kier alpha value is -2.40. The largest absolute Gasteiger partial charge is 0.507 e. The molecule has 4 rings (SSSR count). The summed E-state index contributed by atoms with van der Waals surface area (Å²) < 4.78 is 0. The van der Waals surface area contributed by atoms with Gasteiger partial charge in [-0.1, -0.05) is 12.1 Å². The van der Waals surface area contributed by atoms with E-state index in [-0.39, 0.29) is 5.75 Å². The maximum Gasteiger partial charge on any atom is 0.125 e. The van der Waals surface area contributed by atoms with E-state index >= 15 is 0 Å². The third kappa shape index (κ3) is 2.57. The van der Waals surface area contributed by atoms with Crippen molar-refractivity contribution in [3.8, 4) is 17.0 Å². The summed E-state index contributed by atoms with van der Waals surface area (Å²) in [5, 5.41) is 18.8. The third-order valence-electron chi connectivity index (χ3n) is 4.69. The Labute approximate surface area is 135 Å². The number of benzene rings is 1. The van der Waals surface area contributed by atoms with E-state index in [1.807, 2.05) is 18.2 Å². The topological polar surface area (TPSA) is 65.0 Å². The van der Waals surface area contributed by atoms with E-state index in [2.05, 4.69) is 33.3 Å². The first kappa shape index (κ1) is 14.2. The monoisotopic (exact) mass is 308 g/mol. The van der Waals surface area contributed by atoms with Crippen LogP contribution in [0.5, 0.6) is 5.75 Å². The van der Waals surface area contributed by atoms with Crippen molar-refractivity contribution in [2.45, 2.75) is 18.8 Å². The van der Waals surface area contributed by atoms with E-state index in [9.17, 15) is 5.11 Å². The number of likely N-dealkylation sites (N-methyl/N-ethyl adjacent to an activating group) is 1. The van der Waals surface area contributed by atoms with Crippen molar-refractivity contribution >= 4 is 11.0 Å². The summed E-state index contributed by atoms with van der Waals surface area (Å²) in [6.45, 7) is 2.23. The Kier molecular flexibility index (Phi) is 3.50. The molecule has 0 amide bonds. The van der Waals surface area contributed by atoms with Gasteiger partial charge in [-0.2, -0.15) is 0 Å². The maximum absolute atomic E-state index is 9.99. The number of nitrogens with zero attached hydrogens (tertiary/aromatic N) is 3. The van der Waals surface area contributed by atoms with Crippen molar-refractivity contribution in [3.63, 3.8) is 0 Å². The summed E-state index contributed by atoms with van der Waals surface area (Å²) in [5.74, 6) is 0.731. The van der Waals surface area contributed by atoms with Crippen LogP contribution in [0.2, 0.25) is 0 Å². The standard InChI is InChI=1S/C18H20N4O/c1-22-8-4-5-12(11-22)14-10-19-16-9-15(20-21-18(14)16)13-6-2-3-7-17(13)23/h2-3,6-7,9-10,12,19,23H,4-5,8,11H2,1H3. The highest BCUT2D eigenvalue weighted by molar-refractivity contribution is 5.83. The number of rotatable bonds is 2. The number of fused-ring (bicyclic) bond motifs is 1. The molecule has 118 valence electrons. The van der Waals surface area contributed by atoms with Crippen molar-refractivity contribution < 1.29 is 5.11 Å². The number of H-pyrrole nitrogens is 1. The Morgan fingerprint density at radius 1 is 1.26 bits per heavy atom. The number of aromatic nitrogens is 3. The molecule has 23 heavy (non-hydrogen) atoms. The molecule has 3 heterocycles. The summed E-state index contributed by atoms with van der Waals surface area (Å²) in [4.78, 5) is 5.70. The lowest BCUT2D eigenvalue weighted by atomic mass is 9.92. The zero-order chi connectivity index (χ0) is 15.8. The number of nitrogens with one attached hydrogen (secondary N) is 1. The lowest BCUT2D eigenvalue weighted by Gasteiger charge is -2.29. The smallest absolute Gasteiger partial charge is 0.125 e. The molecule has 1 fully saturated rings. The second-order valence-electron chi connectivity index (χ2n) is 6.35. The number of likely N-dealkylation sites (tertiary alicyclic amines) is 1. The van der Waals surface area contributed by atoms with Crippen LogP contribution in [0.25, 0.3) is 22.3 Å². The van der Waals surface area contributed by atoms with Crippen LogP contribution in [-0.2, 0) is 0 Å². The van der Waals surface area contributed by atoms with E-state index in [0.29, 0.717) is 17.2 Å². The molecule has 2 aromatic heterocycles. The van der Waals surface area contributed by atoms with Gasteiger partial charge in [-0.25, -0.2) is 0 Å². The Bertz CT molecular complexity index is 842. The van der Waals surface area contributed by atoms with Gasteiger partial charge in [0, 0.05) is 29.8 Å². The Morgan fingerprint density at radius 3 is 2.96 bits per heavy atom. The molecule has 5 heteroatoms. The maximum atomic E-state index is 9.99. The highest BCUT2D eigenvalue weighted by Crippen LogP contribution is 2.33. The third-order valence-corrected chi connectivity index (χ3v) is 4.69. The molecule has 0 bridgehead atoms. The van der Waals surface area contributed by atoms with Gasteiger partial charge in [0.2, 0.25) is 0 Å². The molecule has 0 radical (unpaired) electrons. The molecular weight excluding hydrogens is 288 g/mol. The van der Waals surface area contributed by atoms with Gasteiger partial charge < -0.3 is 15.0 Å². The predicted molar refractivity (Wildman–Crippen MR) is 90.5 cm³/mol. The zero-order valence-corrected chi connectivity index (χ0v) is 13.2. The SMILES string of the molecule is CN1CCCC(c2c[nH]c3cc(-c4ccccc4O)nnc23)C1. The lowest BCUT2D eigenvalue weighted by Crippen LogP contribution is -2.30. The van der Waals surface area contributed by atoms with Gasteiger partial charge in [-0.3, -0.25) is 0 Å². The minimum Gasteiger partial charge on any atom is -0.507 e.